The van der Waals surface area contributed by atoms with Crippen molar-refractivity contribution in [2.45, 2.75) is 32.8 Å². The average Bonchev–Trinajstić information content (AvgIpc) is 2.27. The Labute approximate surface area is 96.5 Å². The molecule has 0 spiro atoms. The molecule has 1 aromatic carbocycles. The summed E-state index contributed by atoms with van der Waals surface area (Å²) in [5.74, 6) is -0.129. The summed E-state index contributed by atoms with van der Waals surface area (Å²) in [6.07, 6.45) is 1.19. The predicted molar refractivity (Wildman–Crippen MR) is 64.4 cm³/mol. The van der Waals surface area contributed by atoms with E-state index < -0.39 is 6.10 Å². The molecule has 3 heteroatoms. The third-order valence-corrected chi connectivity index (χ3v) is 2.43. The number of nitrogens with one attached hydrogen (secondary N) is 1. The van der Waals surface area contributed by atoms with E-state index in [0.29, 0.717) is 18.5 Å². The molecule has 1 unspecified atom stereocenters. The molecule has 1 aromatic rings. The van der Waals surface area contributed by atoms with Gasteiger partial charge in [0.05, 0.1) is 6.10 Å². The maximum Gasteiger partial charge on any atom is 0.251 e. The normalized spacial score (nSPS) is 12.2. The number of amides is 1. The minimum atomic E-state index is -0.445. The molecule has 0 aliphatic carbocycles. The first-order valence-electron chi connectivity index (χ1n) is 5.66. The third kappa shape index (κ3) is 4.03. The Balaban J connectivity index is 2.43. The van der Waals surface area contributed by atoms with Crippen LogP contribution in [0.5, 0.6) is 0 Å². The topological polar surface area (TPSA) is 49.3 Å². The summed E-state index contributed by atoms with van der Waals surface area (Å²) in [5.41, 5.74) is 1.76. The van der Waals surface area contributed by atoms with Gasteiger partial charge in [-0.15, -0.1) is 0 Å². The SMILES string of the molecule is CCCC(O)CNC(=O)c1ccc(C)cc1. The van der Waals surface area contributed by atoms with Crippen LogP contribution in [0.15, 0.2) is 24.3 Å². The summed E-state index contributed by atoms with van der Waals surface area (Å²) < 4.78 is 0. The van der Waals surface area contributed by atoms with Crippen LogP contribution in [0, 0.1) is 6.92 Å². The fourth-order valence-electron chi connectivity index (χ4n) is 1.45. The standard InChI is InChI=1S/C13H19NO2/c1-3-4-12(15)9-14-13(16)11-7-5-10(2)6-8-11/h5-8,12,15H,3-4,9H2,1-2H3,(H,14,16). The van der Waals surface area contributed by atoms with Gasteiger partial charge in [-0.05, 0) is 25.5 Å². The molecule has 1 rings (SSSR count). The first kappa shape index (κ1) is 12.7. The van der Waals surface area contributed by atoms with Crippen molar-refractivity contribution < 1.29 is 9.90 Å². The van der Waals surface area contributed by atoms with E-state index in [2.05, 4.69) is 5.32 Å². The lowest BCUT2D eigenvalue weighted by Gasteiger charge is -2.10. The number of carbonyl (C=O) groups is 1. The molecule has 3 nitrogen and oxygen atoms in total. The molecule has 0 bridgehead atoms. The number of aliphatic hydroxyl groups is 1. The van der Waals surface area contributed by atoms with E-state index in [1.54, 1.807) is 12.1 Å². The van der Waals surface area contributed by atoms with Crippen LogP contribution in [0.25, 0.3) is 0 Å². The smallest absolute Gasteiger partial charge is 0.251 e. The van der Waals surface area contributed by atoms with Crippen LogP contribution in [0.2, 0.25) is 0 Å². The summed E-state index contributed by atoms with van der Waals surface area (Å²) in [6, 6.07) is 7.38. The van der Waals surface area contributed by atoms with Gasteiger partial charge >= 0.3 is 0 Å². The summed E-state index contributed by atoms with van der Waals surface area (Å²) in [6.45, 7) is 4.30. The van der Waals surface area contributed by atoms with Crippen molar-refractivity contribution in [1.82, 2.24) is 5.32 Å². The second kappa shape index (κ2) is 6.28. The summed E-state index contributed by atoms with van der Waals surface area (Å²) in [4.78, 5) is 11.6. The molecule has 0 aromatic heterocycles. The minimum Gasteiger partial charge on any atom is -0.391 e. The molecule has 0 saturated heterocycles. The van der Waals surface area contributed by atoms with Crippen molar-refractivity contribution in [3.8, 4) is 0 Å². The predicted octanol–water partition coefficient (Wildman–Crippen LogP) is 1.89. The largest absolute Gasteiger partial charge is 0.391 e. The Bertz CT molecular complexity index is 332. The Morgan fingerprint density at radius 2 is 2.00 bits per heavy atom. The number of aliphatic hydroxyl groups excluding tert-OH is 1. The van der Waals surface area contributed by atoms with E-state index in [1.165, 1.54) is 0 Å². The maximum absolute atomic E-state index is 11.6. The highest BCUT2D eigenvalue weighted by Gasteiger charge is 2.07. The van der Waals surface area contributed by atoms with Gasteiger partial charge in [0.1, 0.15) is 0 Å². The van der Waals surface area contributed by atoms with Gasteiger partial charge in [-0.3, -0.25) is 4.79 Å². The van der Waals surface area contributed by atoms with Gasteiger partial charge in [-0.1, -0.05) is 31.0 Å². The number of hydrogen-bond donors (Lipinski definition) is 2. The number of hydrogen-bond acceptors (Lipinski definition) is 2. The zero-order chi connectivity index (χ0) is 12.0. The lowest BCUT2D eigenvalue weighted by molar-refractivity contribution is 0.0910. The lowest BCUT2D eigenvalue weighted by atomic mass is 10.1. The van der Waals surface area contributed by atoms with Crippen molar-refractivity contribution in [3.63, 3.8) is 0 Å². The summed E-state index contributed by atoms with van der Waals surface area (Å²) in [5, 5.41) is 12.2. The molecule has 88 valence electrons. The highest BCUT2D eigenvalue weighted by molar-refractivity contribution is 5.94. The molecular formula is C13H19NO2. The zero-order valence-electron chi connectivity index (χ0n) is 9.86. The van der Waals surface area contributed by atoms with Gasteiger partial charge < -0.3 is 10.4 Å². The molecule has 0 aliphatic rings. The number of rotatable bonds is 5. The first-order valence-corrected chi connectivity index (χ1v) is 5.66. The maximum atomic E-state index is 11.6. The zero-order valence-corrected chi connectivity index (χ0v) is 9.86. The molecule has 0 radical (unpaired) electrons. The second-order valence-electron chi connectivity index (χ2n) is 4.02. The first-order chi connectivity index (χ1) is 7.63. The van der Waals surface area contributed by atoms with E-state index in [9.17, 15) is 9.90 Å². The molecule has 0 fully saturated rings. The van der Waals surface area contributed by atoms with Crippen LogP contribution >= 0.6 is 0 Å². The van der Waals surface area contributed by atoms with Crippen molar-refractivity contribution in [2.24, 2.45) is 0 Å². The monoisotopic (exact) mass is 221 g/mol. The average molecular weight is 221 g/mol. The van der Waals surface area contributed by atoms with Crippen molar-refractivity contribution in [3.05, 3.63) is 35.4 Å². The van der Waals surface area contributed by atoms with Crippen LogP contribution in [-0.4, -0.2) is 23.7 Å². The molecule has 1 amide bonds. The molecule has 0 saturated carbocycles. The van der Waals surface area contributed by atoms with Gasteiger partial charge in [0, 0.05) is 12.1 Å². The van der Waals surface area contributed by atoms with E-state index in [0.717, 1.165) is 12.0 Å². The van der Waals surface area contributed by atoms with Crippen LogP contribution in [0.4, 0.5) is 0 Å². The van der Waals surface area contributed by atoms with E-state index >= 15 is 0 Å². The highest BCUT2D eigenvalue weighted by Crippen LogP contribution is 2.03. The van der Waals surface area contributed by atoms with Gasteiger partial charge in [0.2, 0.25) is 0 Å². The summed E-state index contributed by atoms with van der Waals surface area (Å²) in [7, 11) is 0. The number of carbonyl (C=O) groups excluding carboxylic acids is 1. The molecule has 16 heavy (non-hydrogen) atoms. The van der Waals surface area contributed by atoms with Gasteiger partial charge in [0.15, 0.2) is 0 Å². The molecule has 0 heterocycles. The van der Waals surface area contributed by atoms with Crippen LogP contribution in [0.3, 0.4) is 0 Å². The quantitative estimate of drug-likeness (QED) is 0.797. The molecule has 2 N–H and O–H groups in total. The van der Waals surface area contributed by atoms with Crippen molar-refractivity contribution in [1.29, 1.82) is 0 Å². The Hall–Kier alpha value is -1.35. The molecule has 0 aliphatic heterocycles. The fourth-order valence-corrected chi connectivity index (χ4v) is 1.45. The Kier molecular flexibility index (Phi) is 4.99. The Morgan fingerprint density at radius 3 is 2.56 bits per heavy atom. The lowest BCUT2D eigenvalue weighted by Crippen LogP contribution is -2.31. The number of aryl methyl sites for hydroxylation is 1. The van der Waals surface area contributed by atoms with E-state index in [-0.39, 0.29) is 5.91 Å². The third-order valence-electron chi connectivity index (χ3n) is 2.43. The second-order valence-corrected chi connectivity index (χ2v) is 4.02. The Morgan fingerprint density at radius 1 is 1.38 bits per heavy atom. The summed E-state index contributed by atoms with van der Waals surface area (Å²) >= 11 is 0. The molecular weight excluding hydrogens is 202 g/mol. The van der Waals surface area contributed by atoms with E-state index in [4.69, 9.17) is 0 Å². The van der Waals surface area contributed by atoms with Gasteiger partial charge in [-0.2, -0.15) is 0 Å². The van der Waals surface area contributed by atoms with Crippen LogP contribution < -0.4 is 5.32 Å². The van der Waals surface area contributed by atoms with Gasteiger partial charge in [0.25, 0.3) is 5.91 Å². The van der Waals surface area contributed by atoms with Crippen LogP contribution in [0.1, 0.15) is 35.7 Å². The molecule has 1 atom stereocenters. The van der Waals surface area contributed by atoms with Crippen molar-refractivity contribution >= 4 is 5.91 Å². The number of benzene rings is 1. The fraction of sp³-hybridized carbons (Fsp3) is 0.462. The minimum absolute atomic E-state index is 0.129. The van der Waals surface area contributed by atoms with E-state index in [1.807, 2.05) is 26.0 Å². The van der Waals surface area contributed by atoms with Crippen molar-refractivity contribution in [2.75, 3.05) is 6.54 Å². The highest BCUT2D eigenvalue weighted by atomic mass is 16.3. The van der Waals surface area contributed by atoms with Crippen LogP contribution in [-0.2, 0) is 0 Å². The van der Waals surface area contributed by atoms with Gasteiger partial charge in [-0.25, -0.2) is 0 Å².